The molecule has 1 fully saturated rings. The van der Waals surface area contributed by atoms with Gasteiger partial charge in [0.05, 0.1) is 0 Å². The molecule has 1 aliphatic heterocycles. The zero-order valence-corrected chi connectivity index (χ0v) is 16.7. The number of carbonyl (C=O) groups is 1. The summed E-state index contributed by atoms with van der Waals surface area (Å²) in [6, 6.07) is 0.545. The molecule has 1 saturated heterocycles. The lowest BCUT2D eigenvalue weighted by molar-refractivity contribution is -0.119. The number of hydrogen-bond donors (Lipinski definition) is 2. The first-order valence-electron chi connectivity index (χ1n) is 7.88. The van der Waals surface area contributed by atoms with E-state index >= 15 is 0 Å². The van der Waals surface area contributed by atoms with Crippen molar-refractivity contribution in [2.24, 2.45) is 16.6 Å². The minimum atomic E-state index is -0.205. The van der Waals surface area contributed by atoms with Crippen LogP contribution < -0.4 is 11.1 Å². The van der Waals surface area contributed by atoms with Crippen LogP contribution in [0.5, 0.6) is 0 Å². The molecule has 3 N–H and O–H groups in total. The van der Waals surface area contributed by atoms with Crippen molar-refractivity contribution < 1.29 is 4.79 Å². The average Bonchev–Trinajstić information content (AvgIpc) is 2.42. The van der Waals surface area contributed by atoms with Gasteiger partial charge in [-0.2, -0.15) is 0 Å². The fourth-order valence-electron chi connectivity index (χ4n) is 2.64. The van der Waals surface area contributed by atoms with Crippen molar-refractivity contribution >= 4 is 35.8 Å². The predicted molar refractivity (Wildman–Crippen MR) is 103 cm³/mol. The number of nitrogens with one attached hydrogen (secondary N) is 1. The second kappa shape index (κ2) is 11.0. The number of likely N-dealkylation sites (N-methyl/N-ethyl adjacent to an activating group) is 1. The Bertz CT molecular complexity index is 362. The summed E-state index contributed by atoms with van der Waals surface area (Å²) < 4.78 is 0. The summed E-state index contributed by atoms with van der Waals surface area (Å²) in [4.78, 5) is 20.0. The largest absolute Gasteiger partial charge is 0.370 e. The Hall–Kier alpha value is -0.570. The molecular weight excluding hydrogens is 393 g/mol. The van der Waals surface area contributed by atoms with Gasteiger partial charge in [0.15, 0.2) is 5.96 Å². The summed E-state index contributed by atoms with van der Waals surface area (Å²) in [6.07, 6.45) is 2.64. The van der Waals surface area contributed by atoms with E-state index in [0.717, 1.165) is 45.0 Å². The SMILES string of the molecule is CN=C(NCCN(C)C(C)C)N1CCCC(CC(N)=O)C1.I. The van der Waals surface area contributed by atoms with E-state index in [1.807, 2.05) is 7.05 Å². The van der Waals surface area contributed by atoms with Crippen molar-refractivity contribution in [3.8, 4) is 0 Å². The molecule has 0 bridgehead atoms. The van der Waals surface area contributed by atoms with Gasteiger partial charge in [-0.1, -0.05) is 0 Å². The van der Waals surface area contributed by atoms with Crippen LogP contribution in [0.2, 0.25) is 0 Å². The van der Waals surface area contributed by atoms with Gasteiger partial charge >= 0.3 is 0 Å². The fraction of sp³-hybridized carbons (Fsp3) is 0.867. The van der Waals surface area contributed by atoms with Crippen LogP contribution in [-0.4, -0.2) is 68.0 Å². The van der Waals surface area contributed by atoms with Gasteiger partial charge in [-0.15, -0.1) is 24.0 Å². The van der Waals surface area contributed by atoms with Crippen molar-refractivity contribution in [1.82, 2.24) is 15.1 Å². The molecule has 1 rings (SSSR count). The van der Waals surface area contributed by atoms with Gasteiger partial charge in [0, 0.05) is 45.7 Å². The minimum absolute atomic E-state index is 0. The first kappa shape index (κ1) is 21.4. The lowest BCUT2D eigenvalue weighted by Gasteiger charge is -2.35. The monoisotopic (exact) mass is 425 g/mol. The third-order valence-electron chi connectivity index (χ3n) is 4.15. The zero-order valence-electron chi connectivity index (χ0n) is 14.3. The second-order valence-electron chi connectivity index (χ2n) is 6.17. The smallest absolute Gasteiger partial charge is 0.217 e. The summed E-state index contributed by atoms with van der Waals surface area (Å²) in [7, 11) is 3.94. The quantitative estimate of drug-likeness (QED) is 0.380. The molecule has 1 amide bonds. The van der Waals surface area contributed by atoms with Crippen LogP contribution >= 0.6 is 24.0 Å². The van der Waals surface area contributed by atoms with E-state index < -0.39 is 0 Å². The fourth-order valence-corrected chi connectivity index (χ4v) is 2.64. The maximum atomic E-state index is 11.1. The van der Waals surface area contributed by atoms with Gasteiger partial charge in [0.1, 0.15) is 0 Å². The van der Waals surface area contributed by atoms with Crippen molar-refractivity contribution in [2.75, 3.05) is 40.3 Å². The Morgan fingerprint density at radius 2 is 2.18 bits per heavy atom. The molecule has 0 spiro atoms. The molecule has 1 atom stereocenters. The highest BCUT2D eigenvalue weighted by atomic mass is 127. The first-order valence-corrected chi connectivity index (χ1v) is 7.88. The third-order valence-corrected chi connectivity index (χ3v) is 4.15. The Labute approximate surface area is 151 Å². The summed E-state index contributed by atoms with van der Waals surface area (Å²) in [6.45, 7) is 8.09. The third kappa shape index (κ3) is 7.62. The van der Waals surface area contributed by atoms with E-state index in [4.69, 9.17) is 5.73 Å². The molecule has 22 heavy (non-hydrogen) atoms. The van der Waals surface area contributed by atoms with E-state index in [9.17, 15) is 4.79 Å². The van der Waals surface area contributed by atoms with Gasteiger partial charge in [0.25, 0.3) is 0 Å². The average molecular weight is 425 g/mol. The molecule has 7 heteroatoms. The number of aliphatic imine (C=N–C) groups is 1. The van der Waals surface area contributed by atoms with Crippen LogP contribution in [0.1, 0.15) is 33.1 Å². The van der Waals surface area contributed by atoms with Crippen molar-refractivity contribution in [3.05, 3.63) is 0 Å². The van der Waals surface area contributed by atoms with Crippen molar-refractivity contribution in [1.29, 1.82) is 0 Å². The number of carbonyl (C=O) groups excluding carboxylic acids is 1. The number of piperidine rings is 1. The van der Waals surface area contributed by atoms with E-state index in [2.05, 4.69) is 41.0 Å². The summed E-state index contributed by atoms with van der Waals surface area (Å²) in [5.74, 6) is 1.08. The molecule has 1 aliphatic rings. The standard InChI is InChI=1S/C15H31N5O.HI/c1-12(2)19(4)9-7-18-15(17-3)20-8-5-6-13(11-20)10-14(16)21;/h12-13H,5-11H2,1-4H3,(H2,16,21)(H,17,18);1H. The highest BCUT2D eigenvalue weighted by molar-refractivity contribution is 14.0. The van der Waals surface area contributed by atoms with Crippen molar-refractivity contribution in [3.63, 3.8) is 0 Å². The van der Waals surface area contributed by atoms with Crippen LogP contribution in [-0.2, 0) is 4.79 Å². The maximum Gasteiger partial charge on any atom is 0.217 e. The number of guanidine groups is 1. The van der Waals surface area contributed by atoms with Crippen LogP contribution in [0, 0.1) is 5.92 Å². The maximum absolute atomic E-state index is 11.1. The zero-order chi connectivity index (χ0) is 15.8. The van der Waals surface area contributed by atoms with Crippen LogP contribution in [0.4, 0.5) is 0 Å². The predicted octanol–water partition coefficient (Wildman–Crippen LogP) is 1.11. The van der Waals surface area contributed by atoms with E-state index in [-0.39, 0.29) is 29.9 Å². The molecule has 1 heterocycles. The molecule has 0 radical (unpaired) electrons. The van der Waals surface area contributed by atoms with Crippen molar-refractivity contribution in [2.45, 2.75) is 39.2 Å². The normalized spacial score (nSPS) is 19.3. The number of amides is 1. The molecule has 1 unspecified atom stereocenters. The highest BCUT2D eigenvalue weighted by Gasteiger charge is 2.23. The summed E-state index contributed by atoms with van der Waals surface area (Å²) >= 11 is 0. The van der Waals surface area contributed by atoms with Crippen LogP contribution in [0.15, 0.2) is 4.99 Å². The van der Waals surface area contributed by atoms with E-state index in [1.54, 1.807) is 0 Å². The number of likely N-dealkylation sites (tertiary alicyclic amines) is 1. The van der Waals surface area contributed by atoms with Gasteiger partial charge in [-0.05, 0) is 39.7 Å². The summed E-state index contributed by atoms with van der Waals surface area (Å²) in [5.41, 5.74) is 5.31. The molecule has 6 nitrogen and oxygen atoms in total. The highest BCUT2D eigenvalue weighted by Crippen LogP contribution is 2.19. The van der Waals surface area contributed by atoms with E-state index in [1.165, 1.54) is 0 Å². The van der Waals surface area contributed by atoms with E-state index in [0.29, 0.717) is 18.4 Å². The van der Waals surface area contributed by atoms with Crippen LogP contribution in [0.25, 0.3) is 0 Å². The molecule has 130 valence electrons. The Balaban J connectivity index is 0.00000441. The number of halogens is 1. The topological polar surface area (TPSA) is 74.0 Å². The van der Waals surface area contributed by atoms with Crippen LogP contribution in [0.3, 0.4) is 0 Å². The number of hydrogen-bond acceptors (Lipinski definition) is 3. The number of rotatable bonds is 6. The lowest BCUT2D eigenvalue weighted by atomic mass is 9.95. The Kier molecular flexibility index (Phi) is 10.8. The second-order valence-corrected chi connectivity index (χ2v) is 6.17. The number of primary amides is 1. The van der Waals surface area contributed by atoms with Gasteiger partial charge in [0.2, 0.25) is 5.91 Å². The first-order chi connectivity index (χ1) is 9.93. The number of nitrogens with zero attached hydrogens (tertiary/aromatic N) is 3. The minimum Gasteiger partial charge on any atom is -0.370 e. The molecule has 0 aromatic heterocycles. The Morgan fingerprint density at radius 1 is 1.50 bits per heavy atom. The van der Waals surface area contributed by atoms with Gasteiger partial charge in [-0.3, -0.25) is 9.79 Å². The number of nitrogens with two attached hydrogens (primary N) is 1. The van der Waals surface area contributed by atoms with Gasteiger partial charge < -0.3 is 20.9 Å². The molecule has 0 aliphatic carbocycles. The molecule has 0 aromatic carbocycles. The van der Waals surface area contributed by atoms with Gasteiger partial charge in [-0.25, -0.2) is 0 Å². The molecule has 0 saturated carbocycles. The lowest BCUT2D eigenvalue weighted by Crippen LogP contribution is -2.48. The Morgan fingerprint density at radius 3 is 2.73 bits per heavy atom. The summed E-state index contributed by atoms with van der Waals surface area (Å²) in [5, 5.41) is 3.42. The molecule has 0 aromatic rings. The molecular formula is C15H32IN5O.